The monoisotopic (exact) mass is 465 g/mol. The van der Waals surface area contributed by atoms with Crippen molar-refractivity contribution in [2.45, 2.75) is 51.9 Å². The molecular weight excluding hydrogens is 422 g/mol. The first kappa shape index (κ1) is 32.5. The van der Waals surface area contributed by atoms with Gasteiger partial charge in [-0.15, -0.1) is 5.10 Å². The summed E-state index contributed by atoms with van der Waals surface area (Å²) in [5.41, 5.74) is 5.84. The molecule has 1 heterocycles. The van der Waals surface area contributed by atoms with Gasteiger partial charge in [0, 0.05) is 25.1 Å². The molecule has 7 N–H and O–H groups in total. The van der Waals surface area contributed by atoms with Gasteiger partial charge in [0.15, 0.2) is 0 Å². The number of nitrogens with one attached hydrogen (secondary N) is 1. The van der Waals surface area contributed by atoms with E-state index in [1.807, 2.05) is 27.9 Å². The van der Waals surface area contributed by atoms with E-state index >= 15 is 0 Å². The molecule has 190 valence electrons. The van der Waals surface area contributed by atoms with E-state index in [-0.39, 0.29) is 57.9 Å². The smallest absolute Gasteiger partial charge is 0.217 e. The van der Waals surface area contributed by atoms with Gasteiger partial charge < -0.3 is 41.0 Å². The highest BCUT2D eigenvalue weighted by molar-refractivity contribution is 5.73. The maximum Gasteiger partial charge on any atom is 0.217 e. The van der Waals surface area contributed by atoms with Crippen molar-refractivity contribution < 1.29 is 34.7 Å². The number of ether oxygens (including phenoxy) is 2. The summed E-state index contributed by atoms with van der Waals surface area (Å²) in [6, 6.07) is 0. The first-order valence-corrected chi connectivity index (χ1v) is 10.9. The molecule has 0 aliphatic carbocycles. The molecule has 0 aliphatic rings. The Morgan fingerprint density at radius 2 is 1.53 bits per heavy atom. The fraction of sp³-hybridized carbons (Fsp3) is 0.850. The van der Waals surface area contributed by atoms with Crippen LogP contribution in [0.2, 0.25) is 0 Å². The Morgan fingerprint density at radius 3 is 1.94 bits per heavy atom. The number of hydrogen-bond donors (Lipinski definition) is 6. The minimum Gasteiger partial charge on any atom is -0.394 e. The minimum atomic E-state index is -0.695. The Labute approximate surface area is 190 Å². The second-order valence-corrected chi connectivity index (χ2v) is 6.76. The second kappa shape index (κ2) is 22.5. The molecule has 0 spiro atoms. The molecule has 1 rings (SSSR count). The van der Waals surface area contributed by atoms with Crippen molar-refractivity contribution in [1.29, 1.82) is 0 Å². The number of carbonyl (C=O) groups is 1. The van der Waals surface area contributed by atoms with Gasteiger partial charge in [-0.2, -0.15) is 0 Å². The molecule has 0 saturated heterocycles. The highest BCUT2D eigenvalue weighted by atomic mass is 16.5. The number of aliphatic hydroxyl groups is 4. The molecule has 0 aliphatic heterocycles. The summed E-state index contributed by atoms with van der Waals surface area (Å²) in [7, 11) is 3.75. The molecule has 0 aromatic carbocycles. The molecule has 32 heavy (non-hydrogen) atoms. The first-order chi connectivity index (χ1) is 15.4. The van der Waals surface area contributed by atoms with Gasteiger partial charge in [-0.25, -0.2) is 0 Å². The predicted molar refractivity (Wildman–Crippen MR) is 120 cm³/mol. The highest BCUT2D eigenvalue weighted by Gasteiger charge is 2.17. The lowest BCUT2D eigenvalue weighted by Crippen LogP contribution is -2.32. The topological polar surface area (TPSA) is 185 Å². The van der Waals surface area contributed by atoms with E-state index in [9.17, 15) is 4.79 Å². The van der Waals surface area contributed by atoms with Crippen molar-refractivity contribution >= 4 is 5.91 Å². The van der Waals surface area contributed by atoms with Crippen LogP contribution in [0.4, 0.5) is 0 Å². The molecule has 1 amide bonds. The molecule has 12 nitrogen and oxygen atoms in total. The number of primary amides is 1. The van der Waals surface area contributed by atoms with Gasteiger partial charge in [-0.3, -0.25) is 9.48 Å². The first-order valence-electron chi connectivity index (χ1n) is 10.9. The standard InChI is InChI=1S/C16H30N4O7.C2H7N.C2H6/c17-16(25)3-1-2-13-5-20(19-18-13)4-12(10-26-14(6-21)7-22)11-27-15(8-23)9-24;1-3-2;1-2/h5,12,14-15,21-24H,1-4,6-11H2,(H2,17,25);3H,1-2H3;1-2H3. The Hall–Kier alpha value is -1.67. The molecule has 12 heteroatoms. The van der Waals surface area contributed by atoms with Gasteiger partial charge in [0.2, 0.25) is 5.91 Å². The van der Waals surface area contributed by atoms with Crippen molar-refractivity contribution in [1.82, 2.24) is 20.3 Å². The van der Waals surface area contributed by atoms with E-state index in [1.54, 1.807) is 10.9 Å². The Kier molecular flexibility index (Phi) is 22.9. The molecule has 0 radical (unpaired) electrons. The molecule has 1 aromatic heterocycles. The number of aliphatic hydroxyl groups excluding tert-OH is 4. The van der Waals surface area contributed by atoms with Crippen molar-refractivity contribution in [3.63, 3.8) is 0 Å². The molecule has 1 aromatic rings. The number of hydrogen-bond acceptors (Lipinski definition) is 10. The zero-order chi connectivity index (χ0) is 24.8. The van der Waals surface area contributed by atoms with Gasteiger partial charge in [0.05, 0.1) is 45.3 Å². The Bertz CT molecular complexity index is 524. The third-order valence-corrected chi connectivity index (χ3v) is 3.84. The van der Waals surface area contributed by atoms with Crippen LogP contribution in [0, 0.1) is 5.92 Å². The van der Waals surface area contributed by atoms with Crippen molar-refractivity contribution in [3.8, 4) is 0 Å². The number of aromatic nitrogens is 3. The van der Waals surface area contributed by atoms with Crippen LogP contribution < -0.4 is 11.1 Å². The third-order valence-electron chi connectivity index (χ3n) is 3.84. The van der Waals surface area contributed by atoms with Crippen molar-refractivity contribution in [2.75, 3.05) is 53.7 Å². The van der Waals surface area contributed by atoms with Crippen LogP contribution in [0.3, 0.4) is 0 Å². The molecule has 0 saturated carbocycles. The molecule has 0 unspecified atom stereocenters. The largest absolute Gasteiger partial charge is 0.394 e. The van der Waals surface area contributed by atoms with E-state index in [0.717, 1.165) is 5.69 Å². The Balaban J connectivity index is 0. The number of amides is 1. The molecule has 0 atom stereocenters. The number of carbonyl (C=O) groups excluding carboxylic acids is 1. The lowest BCUT2D eigenvalue weighted by atomic mass is 10.1. The summed E-state index contributed by atoms with van der Waals surface area (Å²) in [6.45, 7) is 3.48. The van der Waals surface area contributed by atoms with Gasteiger partial charge in [0.1, 0.15) is 12.2 Å². The summed E-state index contributed by atoms with van der Waals surface area (Å²) < 4.78 is 12.5. The van der Waals surface area contributed by atoms with Crippen LogP contribution in [0.25, 0.3) is 0 Å². The Morgan fingerprint density at radius 1 is 1.06 bits per heavy atom. The predicted octanol–water partition coefficient (Wildman–Crippen LogP) is -1.70. The zero-order valence-corrected chi connectivity index (χ0v) is 19.8. The van der Waals surface area contributed by atoms with Crippen molar-refractivity contribution in [3.05, 3.63) is 11.9 Å². The van der Waals surface area contributed by atoms with Gasteiger partial charge >= 0.3 is 0 Å². The summed E-state index contributed by atoms with van der Waals surface area (Å²) in [5.74, 6) is -0.576. The summed E-state index contributed by atoms with van der Waals surface area (Å²) in [4.78, 5) is 10.8. The summed E-state index contributed by atoms with van der Waals surface area (Å²) in [6.07, 6.45) is 1.81. The lowest BCUT2D eigenvalue weighted by molar-refractivity contribution is -0.118. The SMILES string of the molecule is CC.CNC.NC(=O)CCCc1cn(CC(COC(CO)CO)COC(CO)CO)nn1. The summed E-state index contributed by atoms with van der Waals surface area (Å²) >= 11 is 0. The average molecular weight is 466 g/mol. The van der Waals surface area contributed by atoms with Gasteiger partial charge in [-0.05, 0) is 26.9 Å². The average Bonchev–Trinajstić information content (AvgIpc) is 3.23. The van der Waals surface area contributed by atoms with E-state index in [2.05, 4.69) is 15.6 Å². The number of nitrogens with zero attached hydrogens (tertiary/aromatic N) is 3. The zero-order valence-electron chi connectivity index (χ0n) is 19.8. The van der Waals surface area contributed by atoms with Crippen LogP contribution in [0.1, 0.15) is 32.4 Å². The van der Waals surface area contributed by atoms with E-state index < -0.39 is 12.2 Å². The number of aryl methyl sites for hydroxylation is 1. The fourth-order valence-electron chi connectivity index (χ4n) is 2.27. The molecule has 0 fully saturated rings. The van der Waals surface area contributed by atoms with E-state index in [0.29, 0.717) is 19.4 Å². The highest BCUT2D eigenvalue weighted by Crippen LogP contribution is 2.09. The van der Waals surface area contributed by atoms with E-state index in [1.165, 1.54) is 0 Å². The second-order valence-electron chi connectivity index (χ2n) is 6.76. The fourth-order valence-corrected chi connectivity index (χ4v) is 2.27. The van der Waals surface area contributed by atoms with E-state index in [4.69, 9.17) is 35.6 Å². The van der Waals surface area contributed by atoms with Crippen LogP contribution in [0.15, 0.2) is 6.20 Å². The third kappa shape index (κ3) is 17.0. The number of rotatable bonds is 16. The van der Waals surface area contributed by atoms with Crippen LogP contribution in [0.5, 0.6) is 0 Å². The maximum absolute atomic E-state index is 10.8. The molecular formula is C20H43N5O7. The summed E-state index contributed by atoms with van der Waals surface area (Å²) in [5, 5.41) is 47.2. The maximum atomic E-state index is 10.8. The van der Waals surface area contributed by atoms with Crippen LogP contribution in [-0.4, -0.2) is 107 Å². The van der Waals surface area contributed by atoms with Crippen molar-refractivity contribution in [2.24, 2.45) is 11.7 Å². The minimum absolute atomic E-state index is 0.173. The van der Waals surface area contributed by atoms with Crippen LogP contribution >= 0.6 is 0 Å². The quantitative estimate of drug-likeness (QED) is 0.164. The van der Waals surface area contributed by atoms with Crippen LogP contribution in [-0.2, 0) is 27.2 Å². The number of nitrogens with two attached hydrogens (primary N) is 1. The van der Waals surface area contributed by atoms with Gasteiger partial charge in [0.25, 0.3) is 0 Å². The normalized spacial score (nSPS) is 10.7. The van der Waals surface area contributed by atoms with Gasteiger partial charge in [-0.1, -0.05) is 19.1 Å². The molecule has 0 bridgehead atoms. The lowest BCUT2D eigenvalue weighted by Gasteiger charge is -2.22.